The lowest BCUT2D eigenvalue weighted by Crippen LogP contribution is -2.32. The zero-order valence-corrected chi connectivity index (χ0v) is 14.8. The Morgan fingerprint density at radius 1 is 1.28 bits per heavy atom. The van der Waals surface area contributed by atoms with Gasteiger partial charge in [-0.1, -0.05) is 18.6 Å². The Morgan fingerprint density at radius 3 is 2.96 bits per heavy atom. The summed E-state index contributed by atoms with van der Waals surface area (Å²) in [5.41, 5.74) is 0.647. The summed E-state index contributed by atoms with van der Waals surface area (Å²) >= 11 is 0. The summed E-state index contributed by atoms with van der Waals surface area (Å²) in [6.45, 7) is 5.30. The fraction of sp³-hybridized carbons (Fsp3) is 0.500. The Kier molecular flexibility index (Phi) is 5.53. The van der Waals surface area contributed by atoms with E-state index in [-0.39, 0.29) is 12.1 Å². The fourth-order valence-electron chi connectivity index (χ4n) is 3.10. The summed E-state index contributed by atoms with van der Waals surface area (Å²) in [4.78, 5) is 12.4. The van der Waals surface area contributed by atoms with Crippen molar-refractivity contribution in [2.45, 2.75) is 52.1 Å². The largest absolute Gasteiger partial charge is 0.492 e. The van der Waals surface area contributed by atoms with Crippen molar-refractivity contribution in [1.82, 2.24) is 20.1 Å². The van der Waals surface area contributed by atoms with Gasteiger partial charge in [0, 0.05) is 13.0 Å². The van der Waals surface area contributed by atoms with Crippen LogP contribution in [0.3, 0.4) is 0 Å². The molecule has 0 saturated heterocycles. The van der Waals surface area contributed by atoms with Crippen LogP contribution in [0, 0.1) is 0 Å². The number of fused-ring (bicyclic) bond motifs is 1. The molecule has 7 heteroatoms. The zero-order valence-electron chi connectivity index (χ0n) is 14.8. The molecule has 0 spiro atoms. The van der Waals surface area contributed by atoms with E-state index in [1.165, 1.54) is 6.42 Å². The molecule has 1 aliphatic heterocycles. The van der Waals surface area contributed by atoms with Crippen LogP contribution in [0.2, 0.25) is 0 Å². The Morgan fingerprint density at radius 2 is 2.12 bits per heavy atom. The molecule has 134 valence electrons. The monoisotopic (exact) mass is 343 g/mol. The van der Waals surface area contributed by atoms with Crippen molar-refractivity contribution >= 4 is 11.7 Å². The first kappa shape index (κ1) is 17.3. The molecule has 1 aliphatic rings. The number of carbonyl (C=O) groups excluding carboxylic acids is 1. The van der Waals surface area contributed by atoms with Crippen LogP contribution in [0.15, 0.2) is 24.3 Å². The minimum atomic E-state index is -0.286. The van der Waals surface area contributed by atoms with Crippen LogP contribution < -0.4 is 15.4 Å². The molecule has 1 atom stereocenters. The topological polar surface area (TPSA) is 81.1 Å². The average Bonchev–Trinajstić information content (AvgIpc) is 2.86. The summed E-state index contributed by atoms with van der Waals surface area (Å²) in [6.07, 6.45) is 4.43. The number of anilines is 1. The van der Waals surface area contributed by atoms with E-state index in [4.69, 9.17) is 4.74 Å². The van der Waals surface area contributed by atoms with E-state index < -0.39 is 0 Å². The molecule has 25 heavy (non-hydrogen) atoms. The van der Waals surface area contributed by atoms with Crippen LogP contribution in [0.5, 0.6) is 5.75 Å². The van der Waals surface area contributed by atoms with Gasteiger partial charge in [-0.2, -0.15) is 0 Å². The number of amides is 2. The van der Waals surface area contributed by atoms with Crippen molar-refractivity contribution in [3.05, 3.63) is 35.9 Å². The highest BCUT2D eigenvalue weighted by Crippen LogP contribution is 2.24. The minimum absolute atomic E-state index is 0.224. The highest BCUT2D eigenvalue weighted by atomic mass is 16.5. The van der Waals surface area contributed by atoms with Gasteiger partial charge in [0.25, 0.3) is 0 Å². The number of rotatable bonds is 5. The molecule has 0 fully saturated rings. The van der Waals surface area contributed by atoms with Gasteiger partial charge in [0.2, 0.25) is 0 Å². The predicted octanol–water partition coefficient (Wildman–Crippen LogP) is 3.29. The van der Waals surface area contributed by atoms with Crippen LogP contribution >= 0.6 is 0 Å². The van der Waals surface area contributed by atoms with Gasteiger partial charge in [-0.3, -0.25) is 0 Å². The van der Waals surface area contributed by atoms with E-state index in [2.05, 4.69) is 25.4 Å². The van der Waals surface area contributed by atoms with E-state index in [9.17, 15) is 4.79 Å². The maximum Gasteiger partial charge on any atom is 0.319 e. The summed E-state index contributed by atoms with van der Waals surface area (Å²) in [6, 6.07) is 6.88. The predicted molar refractivity (Wildman–Crippen MR) is 95.8 cm³/mol. The molecule has 2 amide bonds. The van der Waals surface area contributed by atoms with Gasteiger partial charge < -0.3 is 19.9 Å². The van der Waals surface area contributed by atoms with Crippen molar-refractivity contribution in [3.8, 4) is 5.75 Å². The smallest absolute Gasteiger partial charge is 0.319 e. The van der Waals surface area contributed by atoms with Crippen molar-refractivity contribution < 1.29 is 9.53 Å². The van der Waals surface area contributed by atoms with Crippen LogP contribution in [0.4, 0.5) is 10.5 Å². The molecule has 0 saturated carbocycles. The van der Waals surface area contributed by atoms with Crippen molar-refractivity contribution in [1.29, 1.82) is 0 Å². The third kappa shape index (κ3) is 4.10. The van der Waals surface area contributed by atoms with Gasteiger partial charge >= 0.3 is 6.03 Å². The van der Waals surface area contributed by atoms with Crippen molar-refractivity contribution in [3.63, 3.8) is 0 Å². The first-order chi connectivity index (χ1) is 12.2. The highest BCUT2D eigenvalue weighted by molar-refractivity contribution is 5.91. The van der Waals surface area contributed by atoms with Gasteiger partial charge in [0.15, 0.2) is 5.82 Å². The van der Waals surface area contributed by atoms with E-state index in [0.29, 0.717) is 18.0 Å². The lowest BCUT2D eigenvalue weighted by Gasteiger charge is -2.17. The number of aryl methyl sites for hydroxylation is 1. The number of ether oxygens (including phenoxy) is 1. The first-order valence-electron chi connectivity index (χ1n) is 8.90. The number of nitrogens with zero attached hydrogens (tertiary/aromatic N) is 3. The van der Waals surface area contributed by atoms with Crippen molar-refractivity contribution in [2.75, 3.05) is 11.9 Å². The number of aromatic nitrogens is 3. The van der Waals surface area contributed by atoms with Gasteiger partial charge in [0.05, 0.1) is 18.3 Å². The molecular formula is C18H25N5O2. The number of nitrogens with one attached hydrogen (secondary N) is 2. The third-order valence-electron chi connectivity index (χ3n) is 4.31. The quantitative estimate of drug-likeness (QED) is 0.873. The van der Waals surface area contributed by atoms with Crippen LogP contribution in [0.25, 0.3) is 0 Å². The second-order valence-electron chi connectivity index (χ2n) is 6.19. The molecule has 2 heterocycles. The molecule has 2 N–H and O–H groups in total. The van der Waals surface area contributed by atoms with Gasteiger partial charge in [-0.05, 0) is 38.8 Å². The molecule has 7 nitrogen and oxygen atoms in total. The Hall–Kier alpha value is -2.57. The number of hydrogen-bond acceptors (Lipinski definition) is 4. The SMILES string of the molecule is CCOc1ccccc1NC(=O)N[C@@H](C)c1nnc2n1CCCCC2. The first-order valence-corrected chi connectivity index (χ1v) is 8.90. The average molecular weight is 343 g/mol. The normalized spacial score (nSPS) is 15.0. The molecule has 3 rings (SSSR count). The summed E-state index contributed by atoms with van der Waals surface area (Å²) < 4.78 is 7.68. The summed E-state index contributed by atoms with van der Waals surface area (Å²) in [7, 11) is 0. The van der Waals surface area contributed by atoms with Gasteiger partial charge in [-0.15, -0.1) is 10.2 Å². The van der Waals surface area contributed by atoms with Crippen LogP contribution in [-0.2, 0) is 13.0 Å². The molecule has 0 unspecified atom stereocenters. The second-order valence-corrected chi connectivity index (χ2v) is 6.19. The zero-order chi connectivity index (χ0) is 17.6. The molecular weight excluding hydrogens is 318 g/mol. The standard InChI is InChI=1S/C18H25N5O2/c1-3-25-15-10-7-6-9-14(15)20-18(24)19-13(2)17-22-21-16-11-5-4-8-12-23(16)17/h6-7,9-10,13H,3-5,8,11-12H2,1-2H3,(H2,19,20,24)/t13-/m0/s1. The van der Waals surface area contributed by atoms with Crippen molar-refractivity contribution in [2.24, 2.45) is 0 Å². The second kappa shape index (κ2) is 8.00. The molecule has 0 bridgehead atoms. The minimum Gasteiger partial charge on any atom is -0.492 e. The maximum absolute atomic E-state index is 12.4. The van der Waals surface area contributed by atoms with Gasteiger partial charge in [-0.25, -0.2) is 4.79 Å². The Labute approximate surface area is 147 Å². The number of benzene rings is 1. The molecule has 0 radical (unpaired) electrons. The van der Waals surface area contributed by atoms with Crippen LogP contribution in [0.1, 0.15) is 50.8 Å². The lowest BCUT2D eigenvalue weighted by molar-refractivity contribution is 0.248. The Balaban J connectivity index is 1.66. The number of hydrogen-bond donors (Lipinski definition) is 2. The Bertz CT molecular complexity index is 728. The molecule has 1 aromatic carbocycles. The number of para-hydroxylation sites is 2. The molecule has 1 aromatic heterocycles. The summed E-state index contributed by atoms with van der Waals surface area (Å²) in [5.74, 6) is 2.48. The maximum atomic E-state index is 12.4. The molecule has 2 aromatic rings. The third-order valence-corrected chi connectivity index (χ3v) is 4.31. The fourth-order valence-corrected chi connectivity index (χ4v) is 3.10. The number of urea groups is 1. The number of carbonyl (C=O) groups is 1. The summed E-state index contributed by atoms with van der Waals surface area (Å²) in [5, 5.41) is 14.4. The lowest BCUT2D eigenvalue weighted by atomic mass is 10.2. The molecule has 0 aliphatic carbocycles. The van der Waals surface area contributed by atoms with E-state index in [0.717, 1.165) is 37.5 Å². The van der Waals surface area contributed by atoms with E-state index >= 15 is 0 Å². The van der Waals surface area contributed by atoms with Crippen LogP contribution in [-0.4, -0.2) is 27.4 Å². The van der Waals surface area contributed by atoms with Gasteiger partial charge in [0.1, 0.15) is 11.6 Å². The highest BCUT2D eigenvalue weighted by Gasteiger charge is 2.20. The van der Waals surface area contributed by atoms with E-state index in [1.54, 1.807) is 0 Å². The van der Waals surface area contributed by atoms with E-state index in [1.807, 2.05) is 38.1 Å².